The molecule has 0 fully saturated rings. The van der Waals surface area contributed by atoms with Crippen LogP contribution in [0.2, 0.25) is 0 Å². The van der Waals surface area contributed by atoms with Crippen molar-refractivity contribution >= 4 is 22.9 Å². The fourth-order valence-electron chi connectivity index (χ4n) is 3.11. The molecule has 2 N–H and O–H groups in total. The molecule has 28 heavy (non-hydrogen) atoms. The van der Waals surface area contributed by atoms with Gasteiger partial charge in [0.2, 0.25) is 0 Å². The fraction of sp³-hybridized carbons (Fsp3) is 0.0455. The fourth-order valence-corrected chi connectivity index (χ4v) is 3.11. The van der Waals surface area contributed by atoms with E-state index < -0.39 is 0 Å². The van der Waals surface area contributed by atoms with Crippen LogP contribution < -0.4 is 11.0 Å². The second-order valence-electron chi connectivity index (χ2n) is 6.35. The average Bonchev–Trinajstić information content (AvgIpc) is 3.02. The van der Waals surface area contributed by atoms with Gasteiger partial charge < -0.3 is 0 Å². The number of aryl methyl sites for hydroxylation is 1. The SMILES string of the molecule is Cc1[nH]n(-c2ccccc2)c(=O)c1/C=N/NC(=O)c1cccc2ccccc12. The molecule has 6 nitrogen and oxygen atoms in total. The number of fused-ring (bicyclic) bond motifs is 1. The summed E-state index contributed by atoms with van der Waals surface area (Å²) in [5.41, 5.74) is 4.60. The molecule has 0 aliphatic carbocycles. The van der Waals surface area contributed by atoms with Gasteiger partial charge in [0, 0.05) is 11.3 Å². The van der Waals surface area contributed by atoms with Gasteiger partial charge in [0.1, 0.15) is 0 Å². The summed E-state index contributed by atoms with van der Waals surface area (Å²) in [6.07, 6.45) is 1.37. The number of hydrogen-bond acceptors (Lipinski definition) is 3. The van der Waals surface area contributed by atoms with Crippen LogP contribution in [0.3, 0.4) is 0 Å². The summed E-state index contributed by atoms with van der Waals surface area (Å²) in [5.74, 6) is -0.329. The first-order valence-corrected chi connectivity index (χ1v) is 8.83. The van der Waals surface area contributed by atoms with E-state index in [1.165, 1.54) is 10.9 Å². The summed E-state index contributed by atoms with van der Waals surface area (Å²) in [6, 6.07) is 22.4. The highest BCUT2D eigenvalue weighted by atomic mass is 16.2. The molecule has 1 aromatic heterocycles. The molecule has 1 amide bonds. The number of benzene rings is 3. The van der Waals surface area contributed by atoms with Gasteiger partial charge in [0.25, 0.3) is 11.5 Å². The van der Waals surface area contributed by atoms with E-state index in [9.17, 15) is 9.59 Å². The molecule has 0 radical (unpaired) electrons. The third-order valence-corrected chi connectivity index (χ3v) is 4.53. The first-order chi connectivity index (χ1) is 13.6. The zero-order valence-corrected chi connectivity index (χ0v) is 15.2. The highest BCUT2D eigenvalue weighted by molar-refractivity contribution is 6.07. The van der Waals surface area contributed by atoms with Crippen LogP contribution >= 0.6 is 0 Å². The third kappa shape index (κ3) is 3.23. The highest BCUT2D eigenvalue weighted by Gasteiger charge is 2.11. The Morgan fingerprint density at radius 2 is 1.71 bits per heavy atom. The molecule has 0 aliphatic heterocycles. The van der Waals surface area contributed by atoms with E-state index in [-0.39, 0.29) is 11.5 Å². The first-order valence-electron chi connectivity index (χ1n) is 8.83. The molecule has 1 heterocycles. The van der Waals surface area contributed by atoms with Crippen LogP contribution in [-0.2, 0) is 0 Å². The van der Waals surface area contributed by atoms with Gasteiger partial charge in [-0.15, -0.1) is 0 Å². The summed E-state index contributed by atoms with van der Waals surface area (Å²) < 4.78 is 1.45. The minimum atomic E-state index is -0.329. The largest absolute Gasteiger partial charge is 0.295 e. The molecule has 6 heteroatoms. The van der Waals surface area contributed by atoms with Crippen LogP contribution in [0, 0.1) is 6.92 Å². The molecule has 0 unspecified atom stereocenters. The third-order valence-electron chi connectivity index (χ3n) is 4.53. The lowest BCUT2D eigenvalue weighted by atomic mass is 10.0. The topological polar surface area (TPSA) is 79.2 Å². The maximum absolute atomic E-state index is 12.6. The number of aromatic nitrogens is 2. The standard InChI is InChI=1S/C22H18N4O2/c1-15-20(22(28)26(25-15)17-10-3-2-4-11-17)14-23-24-21(27)19-13-7-9-16-8-5-6-12-18(16)19/h2-14,25H,1H3,(H,24,27)/b23-14+. The minimum absolute atomic E-state index is 0.230. The summed E-state index contributed by atoms with van der Waals surface area (Å²) in [6.45, 7) is 1.79. The van der Waals surface area contributed by atoms with Crippen molar-refractivity contribution < 1.29 is 4.79 Å². The molecule has 0 saturated heterocycles. The Hall–Kier alpha value is -3.93. The molecule has 0 saturated carbocycles. The zero-order valence-electron chi connectivity index (χ0n) is 15.2. The maximum Gasteiger partial charge on any atom is 0.280 e. The number of amides is 1. The molecule has 0 aliphatic rings. The number of H-pyrrole nitrogens is 1. The van der Waals surface area contributed by atoms with Gasteiger partial charge in [0.05, 0.1) is 17.5 Å². The molecular weight excluding hydrogens is 352 g/mol. The van der Waals surface area contributed by atoms with Crippen LogP contribution in [0.1, 0.15) is 21.6 Å². The summed E-state index contributed by atoms with van der Waals surface area (Å²) >= 11 is 0. The molecule has 3 aromatic carbocycles. The maximum atomic E-state index is 12.6. The number of para-hydroxylation sites is 1. The second kappa shape index (κ2) is 7.36. The molecule has 0 bridgehead atoms. The summed E-state index contributed by atoms with van der Waals surface area (Å²) in [4.78, 5) is 25.2. The lowest BCUT2D eigenvalue weighted by Crippen LogP contribution is -2.20. The number of hydrogen-bond donors (Lipinski definition) is 2. The Morgan fingerprint density at radius 1 is 1.00 bits per heavy atom. The van der Waals surface area contributed by atoms with E-state index in [1.807, 2.05) is 66.7 Å². The van der Waals surface area contributed by atoms with Crippen molar-refractivity contribution in [2.45, 2.75) is 6.92 Å². The number of rotatable bonds is 4. The Bertz CT molecular complexity index is 1230. The second-order valence-corrected chi connectivity index (χ2v) is 6.35. The van der Waals surface area contributed by atoms with Gasteiger partial charge in [-0.05, 0) is 35.9 Å². The lowest BCUT2D eigenvalue weighted by Gasteiger charge is -2.04. The average molecular weight is 370 g/mol. The van der Waals surface area contributed by atoms with Crippen molar-refractivity contribution in [2.75, 3.05) is 0 Å². The van der Waals surface area contributed by atoms with Crippen molar-refractivity contribution in [2.24, 2.45) is 5.10 Å². The number of hydrazone groups is 1. The van der Waals surface area contributed by atoms with Gasteiger partial charge in [-0.25, -0.2) is 10.1 Å². The van der Waals surface area contributed by atoms with Crippen molar-refractivity contribution in [3.63, 3.8) is 0 Å². The predicted octanol–water partition coefficient (Wildman–Crippen LogP) is 3.39. The lowest BCUT2D eigenvalue weighted by molar-refractivity contribution is 0.0957. The van der Waals surface area contributed by atoms with Crippen molar-refractivity contribution in [3.05, 3.63) is 100.0 Å². The van der Waals surface area contributed by atoms with E-state index in [1.54, 1.807) is 13.0 Å². The van der Waals surface area contributed by atoms with Gasteiger partial charge in [0.15, 0.2) is 0 Å². The van der Waals surface area contributed by atoms with Crippen molar-refractivity contribution in [1.29, 1.82) is 0 Å². The zero-order chi connectivity index (χ0) is 19.5. The molecule has 4 rings (SSSR count). The summed E-state index contributed by atoms with van der Waals surface area (Å²) in [5, 5.41) is 8.85. The van der Waals surface area contributed by atoms with Crippen LogP contribution in [0.4, 0.5) is 0 Å². The van der Waals surface area contributed by atoms with E-state index >= 15 is 0 Å². The number of carbonyl (C=O) groups is 1. The van der Waals surface area contributed by atoms with Gasteiger partial charge in [-0.1, -0.05) is 54.6 Å². The molecular formula is C22H18N4O2. The number of aromatic amines is 1. The summed E-state index contributed by atoms with van der Waals surface area (Å²) in [7, 11) is 0. The first kappa shape index (κ1) is 17.5. The molecule has 138 valence electrons. The molecule has 0 spiro atoms. The smallest absolute Gasteiger partial charge is 0.280 e. The van der Waals surface area contributed by atoms with Crippen LogP contribution in [0.25, 0.3) is 16.5 Å². The van der Waals surface area contributed by atoms with E-state index in [4.69, 9.17) is 0 Å². The van der Waals surface area contributed by atoms with Gasteiger partial charge in [-0.3, -0.25) is 14.7 Å². The van der Waals surface area contributed by atoms with Gasteiger partial charge >= 0.3 is 0 Å². The van der Waals surface area contributed by atoms with E-state index in [0.29, 0.717) is 16.8 Å². The predicted molar refractivity (Wildman–Crippen MR) is 110 cm³/mol. The minimum Gasteiger partial charge on any atom is -0.295 e. The monoisotopic (exact) mass is 370 g/mol. The normalized spacial score (nSPS) is 11.2. The number of nitrogens with zero attached hydrogens (tertiary/aromatic N) is 2. The molecule has 4 aromatic rings. The highest BCUT2D eigenvalue weighted by Crippen LogP contribution is 2.18. The number of nitrogens with one attached hydrogen (secondary N) is 2. The Kier molecular flexibility index (Phi) is 4.60. The van der Waals surface area contributed by atoms with Crippen molar-refractivity contribution in [3.8, 4) is 5.69 Å². The van der Waals surface area contributed by atoms with Crippen molar-refractivity contribution in [1.82, 2.24) is 15.2 Å². The Balaban J connectivity index is 1.58. The van der Waals surface area contributed by atoms with Crippen LogP contribution in [0.15, 0.2) is 82.7 Å². The Labute approximate surface area is 161 Å². The van der Waals surface area contributed by atoms with E-state index in [0.717, 1.165) is 16.5 Å². The van der Waals surface area contributed by atoms with Gasteiger partial charge in [-0.2, -0.15) is 5.10 Å². The van der Waals surface area contributed by atoms with Crippen LogP contribution in [-0.4, -0.2) is 21.9 Å². The Morgan fingerprint density at radius 3 is 2.54 bits per heavy atom. The molecule has 0 atom stereocenters. The van der Waals surface area contributed by atoms with E-state index in [2.05, 4.69) is 15.6 Å². The number of carbonyl (C=O) groups excluding carboxylic acids is 1. The van der Waals surface area contributed by atoms with Crippen LogP contribution in [0.5, 0.6) is 0 Å². The quantitative estimate of drug-likeness (QED) is 0.427.